The van der Waals surface area contributed by atoms with E-state index in [1.165, 1.54) is 0 Å². The predicted molar refractivity (Wildman–Crippen MR) is 97.1 cm³/mol. The summed E-state index contributed by atoms with van der Waals surface area (Å²) in [6.45, 7) is 1.54. The molecule has 1 fully saturated rings. The van der Waals surface area contributed by atoms with Gasteiger partial charge in [0, 0.05) is 45.0 Å². The van der Waals surface area contributed by atoms with Gasteiger partial charge in [0.05, 0.1) is 7.11 Å². The van der Waals surface area contributed by atoms with Gasteiger partial charge in [0.1, 0.15) is 5.75 Å². The Morgan fingerprint density at radius 3 is 2.73 bits per heavy atom. The molecule has 138 valence electrons. The second-order valence-corrected chi connectivity index (χ2v) is 6.52. The SMILES string of the molecule is COc1ccc(CNC(=O)N2CCC[C@H](C(=O)c3nccn3C)C2)cc1. The number of urea groups is 1. The van der Waals surface area contributed by atoms with Gasteiger partial charge in [0.25, 0.3) is 0 Å². The molecule has 1 aromatic heterocycles. The van der Waals surface area contributed by atoms with Crippen LogP contribution in [0.1, 0.15) is 29.0 Å². The molecular formula is C19H24N4O3. The average molecular weight is 356 g/mol. The lowest BCUT2D eigenvalue weighted by Crippen LogP contribution is -2.47. The number of aryl methyl sites for hydroxylation is 1. The van der Waals surface area contributed by atoms with Crippen molar-refractivity contribution in [3.05, 3.63) is 48.0 Å². The zero-order valence-corrected chi connectivity index (χ0v) is 15.1. The molecule has 0 radical (unpaired) electrons. The summed E-state index contributed by atoms with van der Waals surface area (Å²) >= 11 is 0. The minimum Gasteiger partial charge on any atom is -0.497 e. The Labute approximate surface area is 153 Å². The molecule has 3 rings (SSSR count). The van der Waals surface area contributed by atoms with E-state index in [2.05, 4.69) is 10.3 Å². The Balaban J connectivity index is 1.55. The molecule has 1 N–H and O–H groups in total. The lowest BCUT2D eigenvalue weighted by molar-refractivity contribution is 0.0831. The number of benzene rings is 1. The van der Waals surface area contributed by atoms with E-state index in [1.807, 2.05) is 31.3 Å². The zero-order valence-electron chi connectivity index (χ0n) is 15.1. The van der Waals surface area contributed by atoms with Crippen LogP contribution in [0, 0.1) is 5.92 Å². The van der Waals surface area contributed by atoms with E-state index < -0.39 is 0 Å². The third kappa shape index (κ3) is 4.04. The van der Waals surface area contributed by atoms with Crippen molar-refractivity contribution in [3.8, 4) is 5.75 Å². The third-order valence-electron chi connectivity index (χ3n) is 4.72. The Morgan fingerprint density at radius 1 is 1.31 bits per heavy atom. The van der Waals surface area contributed by atoms with E-state index in [-0.39, 0.29) is 17.7 Å². The predicted octanol–water partition coefficient (Wildman–Crippen LogP) is 2.23. The Bertz CT molecular complexity index is 769. The van der Waals surface area contributed by atoms with Crippen LogP contribution in [0.15, 0.2) is 36.7 Å². The fourth-order valence-electron chi connectivity index (χ4n) is 3.19. The van der Waals surface area contributed by atoms with Crippen molar-refractivity contribution in [1.29, 1.82) is 0 Å². The first-order valence-electron chi connectivity index (χ1n) is 8.75. The number of nitrogens with zero attached hydrogens (tertiary/aromatic N) is 3. The zero-order chi connectivity index (χ0) is 18.5. The summed E-state index contributed by atoms with van der Waals surface area (Å²) in [5.74, 6) is 1.05. The van der Waals surface area contributed by atoms with Crippen LogP contribution in [0.3, 0.4) is 0 Å². The molecule has 0 aliphatic carbocycles. The van der Waals surface area contributed by atoms with Crippen LogP contribution in [0.2, 0.25) is 0 Å². The number of amides is 2. The van der Waals surface area contributed by atoms with Crippen molar-refractivity contribution >= 4 is 11.8 Å². The smallest absolute Gasteiger partial charge is 0.317 e. The summed E-state index contributed by atoms with van der Waals surface area (Å²) in [7, 11) is 3.43. The van der Waals surface area contributed by atoms with E-state index in [1.54, 1.807) is 29.0 Å². The minimum atomic E-state index is -0.198. The number of ketones is 1. The molecule has 1 aromatic carbocycles. The first-order chi connectivity index (χ1) is 12.6. The summed E-state index contributed by atoms with van der Waals surface area (Å²) in [6.07, 6.45) is 4.98. The number of piperidine rings is 1. The number of ether oxygens (including phenoxy) is 1. The maximum absolute atomic E-state index is 12.6. The van der Waals surface area contributed by atoms with Gasteiger partial charge in [0.2, 0.25) is 5.78 Å². The van der Waals surface area contributed by atoms with Gasteiger partial charge in [-0.1, -0.05) is 12.1 Å². The third-order valence-corrected chi connectivity index (χ3v) is 4.72. The molecule has 26 heavy (non-hydrogen) atoms. The monoisotopic (exact) mass is 356 g/mol. The quantitative estimate of drug-likeness (QED) is 0.834. The molecule has 2 amide bonds. The normalized spacial score (nSPS) is 17.0. The second-order valence-electron chi connectivity index (χ2n) is 6.52. The van der Waals surface area contributed by atoms with E-state index in [4.69, 9.17) is 4.74 Å². The number of imidazole rings is 1. The maximum atomic E-state index is 12.6. The average Bonchev–Trinajstić information content (AvgIpc) is 3.12. The molecule has 0 saturated carbocycles. The number of aromatic nitrogens is 2. The van der Waals surface area contributed by atoms with Crippen molar-refractivity contribution in [2.45, 2.75) is 19.4 Å². The number of carbonyl (C=O) groups is 2. The van der Waals surface area contributed by atoms with Crippen molar-refractivity contribution in [2.24, 2.45) is 13.0 Å². The van der Waals surface area contributed by atoms with Crippen LogP contribution < -0.4 is 10.1 Å². The van der Waals surface area contributed by atoms with Crippen LogP contribution in [0.25, 0.3) is 0 Å². The highest BCUT2D eigenvalue weighted by molar-refractivity contribution is 5.95. The molecule has 1 saturated heterocycles. The van der Waals surface area contributed by atoms with Crippen LogP contribution in [0.4, 0.5) is 4.79 Å². The first kappa shape index (κ1) is 18.0. The number of nitrogens with one attached hydrogen (secondary N) is 1. The maximum Gasteiger partial charge on any atom is 0.317 e. The molecule has 1 atom stereocenters. The van der Waals surface area contributed by atoms with Gasteiger partial charge < -0.3 is 19.5 Å². The van der Waals surface area contributed by atoms with Gasteiger partial charge in [-0.25, -0.2) is 9.78 Å². The molecule has 0 unspecified atom stereocenters. The van der Waals surface area contributed by atoms with Gasteiger partial charge in [0.15, 0.2) is 5.82 Å². The number of carbonyl (C=O) groups excluding carboxylic acids is 2. The van der Waals surface area contributed by atoms with E-state index in [0.29, 0.717) is 25.5 Å². The molecular weight excluding hydrogens is 332 g/mol. The highest BCUT2D eigenvalue weighted by Crippen LogP contribution is 2.20. The molecule has 2 aromatic rings. The number of hydrogen-bond donors (Lipinski definition) is 1. The number of likely N-dealkylation sites (tertiary alicyclic amines) is 1. The van der Waals surface area contributed by atoms with E-state index in [0.717, 1.165) is 24.2 Å². The molecule has 0 spiro atoms. The fourth-order valence-corrected chi connectivity index (χ4v) is 3.19. The molecule has 7 nitrogen and oxygen atoms in total. The number of methoxy groups -OCH3 is 1. The van der Waals surface area contributed by atoms with Crippen LogP contribution in [-0.4, -0.2) is 46.5 Å². The van der Waals surface area contributed by atoms with Crippen molar-refractivity contribution in [1.82, 2.24) is 19.8 Å². The van der Waals surface area contributed by atoms with Crippen molar-refractivity contribution in [2.75, 3.05) is 20.2 Å². The number of rotatable bonds is 5. The van der Waals surface area contributed by atoms with E-state index >= 15 is 0 Å². The first-order valence-corrected chi connectivity index (χ1v) is 8.75. The summed E-state index contributed by atoms with van der Waals surface area (Å²) in [4.78, 5) is 31.0. The largest absolute Gasteiger partial charge is 0.497 e. The minimum absolute atomic E-state index is 0.00477. The summed E-state index contributed by atoms with van der Waals surface area (Å²) < 4.78 is 6.86. The summed E-state index contributed by atoms with van der Waals surface area (Å²) in [5.41, 5.74) is 0.997. The molecule has 0 bridgehead atoms. The lowest BCUT2D eigenvalue weighted by atomic mass is 9.93. The molecule has 1 aliphatic heterocycles. The molecule has 1 aliphatic rings. The Morgan fingerprint density at radius 2 is 2.08 bits per heavy atom. The Kier molecular flexibility index (Phi) is 5.55. The number of Topliss-reactive ketones (excluding diaryl/α,β-unsaturated/α-hetero) is 1. The molecule has 2 heterocycles. The number of hydrogen-bond acceptors (Lipinski definition) is 4. The van der Waals surface area contributed by atoms with Gasteiger partial charge in [-0.3, -0.25) is 4.79 Å². The van der Waals surface area contributed by atoms with Crippen molar-refractivity contribution < 1.29 is 14.3 Å². The van der Waals surface area contributed by atoms with E-state index in [9.17, 15) is 9.59 Å². The van der Waals surface area contributed by atoms with Gasteiger partial charge in [-0.15, -0.1) is 0 Å². The summed E-state index contributed by atoms with van der Waals surface area (Å²) in [6, 6.07) is 7.43. The lowest BCUT2D eigenvalue weighted by Gasteiger charge is -2.31. The van der Waals surface area contributed by atoms with Crippen LogP contribution in [-0.2, 0) is 13.6 Å². The highest BCUT2D eigenvalue weighted by atomic mass is 16.5. The summed E-state index contributed by atoms with van der Waals surface area (Å²) in [5, 5.41) is 2.93. The van der Waals surface area contributed by atoms with Gasteiger partial charge in [-0.2, -0.15) is 0 Å². The second kappa shape index (κ2) is 8.03. The van der Waals surface area contributed by atoms with Crippen LogP contribution in [0.5, 0.6) is 5.75 Å². The topological polar surface area (TPSA) is 76.5 Å². The fraction of sp³-hybridized carbons (Fsp3) is 0.421. The van der Waals surface area contributed by atoms with Crippen molar-refractivity contribution in [3.63, 3.8) is 0 Å². The highest BCUT2D eigenvalue weighted by Gasteiger charge is 2.30. The van der Waals surface area contributed by atoms with Crippen LogP contribution >= 0.6 is 0 Å². The van der Waals surface area contributed by atoms with Gasteiger partial charge in [-0.05, 0) is 30.5 Å². The van der Waals surface area contributed by atoms with Gasteiger partial charge >= 0.3 is 6.03 Å². The molecule has 7 heteroatoms. The standard InChI is InChI=1S/C19H24N4O3/c1-22-11-9-20-18(22)17(24)15-4-3-10-23(13-15)19(25)21-12-14-5-7-16(26-2)8-6-14/h5-9,11,15H,3-4,10,12-13H2,1-2H3,(H,21,25)/t15-/m0/s1. The Hall–Kier alpha value is -2.83.